The van der Waals surface area contributed by atoms with E-state index in [1.807, 2.05) is 24.3 Å². The van der Waals surface area contributed by atoms with Crippen LogP contribution >= 0.6 is 23.4 Å². The van der Waals surface area contributed by atoms with E-state index in [4.69, 9.17) is 11.6 Å². The van der Waals surface area contributed by atoms with E-state index in [9.17, 15) is 13.2 Å². The smallest absolute Gasteiger partial charge is 0.244 e. The first-order valence-corrected chi connectivity index (χ1v) is 11.8. The van der Waals surface area contributed by atoms with Crippen molar-refractivity contribution in [3.8, 4) is 0 Å². The van der Waals surface area contributed by atoms with Crippen LogP contribution in [0.1, 0.15) is 12.8 Å². The summed E-state index contributed by atoms with van der Waals surface area (Å²) in [6.07, 6.45) is 3.94. The van der Waals surface area contributed by atoms with Gasteiger partial charge in [0.2, 0.25) is 15.9 Å². The van der Waals surface area contributed by atoms with Crippen LogP contribution < -0.4 is 5.32 Å². The molecule has 0 spiro atoms. The number of carbonyl (C=O) groups is 1. The van der Waals surface area contributed by atoms with Crippen LogP contribution in [0.5, 0.6) is 0 Å². The maximum Gasteiger partial charge on any atom is 0.244 e. The molecule has 2 heterocycles. The molecule has 1 aromatic heterocycles. The number of hydrogen-bond donors (Lipinski definition) is 1. The number of hydrogen-bond acceptors (Lipinski definition) is 5. The highest BCUT2D eigenvalue weighted by Crippen LogP contribution is 2.24. The molecule has 0 radical (unpaired) electrons. The number of nitrogens with one attached hydrogen (secondary N) is 1. The summed E-state index contributed by atoms with van der Waals surface area (Å²) in [6, 6.07) is 10.7. The fourth-order valence-electron chi connectivity index (χ4n) is 3.03. The van der Waals surface area contributed by atoms with Gasteiger partial charge in [0.15, 0.2) is 0 Å². The minimum atomic E-state index is -3.54. The topological polar surface area (TPSA) is 79.4 Å². The summed E-state index contributed by atoms with van der Waals surface area (Å²) in [7, 11) is -3.54. The molecule has 1 N–H and O–H groups in total. The summed E-state index contributed by atoms with van der Waals surface area (Å²) in [6.45, 7) is 1.25. The second-order valence-corrected chi connectivity index (χ2v) is 10.0. The number of benzene rings is 1. The Balaban J connectivity index is 1.42. The minimum Gasteiger partial charge on any atom is -0.355 e. The number of piperidine rings is 1. The number of aromatic nitrogens is 1. The van der Waals surface area contributed by atoms with E-state index in [1.165, 1.54) is 10.5 Å². The Bertz CT molecular complexity index is 884. The molecular weight excluding hydrogens is 418 g/mol. The van der Waals surface area contributed by atoms with Crippen molar-refractivity contribution >= 4 is 39.3 Å². The summed E-state index contributed by atoms with van der Waals surface area (Å²) >= 11 is 7.52. The van der Waals surface area contributed by atoms with Gasteiger partial charge in [-0.25, -0.2) is 8.42 Å². The molecular formula is C19H22ClN3O3S2. The molecule has 0 saturated carbocycles. The predicted octanol–water partition coefficient (Wildman–Crippen LogP) is 3.04. The number of amides is 1. The van der Waals surface area contributed by atoms with E-state index in [1.54, 1.807) is 30.1 Å². The zero-order valence-corrected chi connectivity index (χ0v) is 17.6. The number of rotatable bonds is 7. The summed E-state index contributed by atoms with van der Waals surface area (Å²) in [4.78, 5) is 17.5. The molecule has 9 heteroatoms. The third-order valence-corrected chi connectivity index (χ3v) is 7.73. The van der Waals surface area contributed by atoms with Crippen LogP contribution in [0.15, 0.2) is 58.6 Å². The monoisotopic (exact) mass is 439 g/mol. The average molecular weight is 440 g/mol. The lowest BCUT2D eigenvalue weighted by atomic mass is 9.97. The highest BCUT2D eigenvalue weighted by Gasteiger charge is 2.32. The highest BCUT2D eigenvalue weighted by atomic mass is 35.5. The van der Waals surface area contributed by atoms with Crippen molar-refractivity contribution in [3.63, 3.8) is 0 Å². The van der Waals surface area contributed by atoms with E-state index >= 15 is 0 Å². The standard InChI is InChI=1S/C19H22ClN3O3S2/c20-16-3-5-17(6-4-16)27-13-10-22-19(24)15-7-11-23(12-8-15)28(25,26)18-2-1-9-21-14-18/h1-6,9,14-15H,7-8,10-13H2,(H,22,24). The Morgan fingerprint density at radius 3 is 2.57 bits per heavy atom. The molecule has 150 valence electrons. The zero-order chi connectivity index (χ0) is 20.0. The Labute approximate surface area is 174 Å². The molecule has 2 aromatic rings. The van der Waals surface area contributed by atoms with E-state index in [0.717, 1.165) is 10.6 Å². The molecule has 1 aliphatic rings. The Hall–Kier alpha value is -1.61. The number of sulfonamides is 1. The van der Waals surface area contributed by atoms with Crippen molar-refractivity contribution in [2.45, 2.75) is 22.6 Å². The van der Waals surface area contributed by atoms with Gasteiger partial charge in [0.25, 0.3) is 0 Å². The molecule has 1 amide bonds. The predicted molar refractivity (Wildman–Crippen MR) is 111 cm³/mol. The third kappa shape index (κ3) is 5.47. The number of halogens is 1. The van der Waals surface area contributed by atoms with Gasteiger partial charge < -0.3 is 5.32 Å². The molecule has 1 fully saturated rings. The largest absolute Gasteiger partial charge is 0.355 e. The highest BCUT2D eigenvalue weighted by molar-refractivity contribution is 7.99. The van der Waals surface area contributed by atoms with E-state index in [2.05, 4.69) is 10.3 Å². The fourth-order valence-corrected chi connectivity index (χ4v) is 5.35. The third-order valence-electron chi connectivity index (χ3n) is 4.58. The van der Waals surface area contributed by atoms with Gasteiger partial charge in [-0.1, -0.05) is 11.6 Å². The van der Waals surface area contributed by atoms with Crippen molar-refractivity contribution in [1.29, 1.82) is 0 Å². The molecule has 0 bridgehead atoms. The normalized spacial score (nSPS) is 16.0. The molecule has 1 saturated heterocycles. The number of thioether (sulfide) groups is 1. The van der Waals surface area contributed by atoms with E-state index < -0.39 is 10.0 Å². The number of nitrogens with zero attached hydrogens (tertiary/aromatic N) is 2. The first-order valence-electron chi connectivity index (χ1n) is 9.03. The first-order chi connectivity index (χ1) is 13.5. The minimum absolute atomic E-state index is 0.00451. The maximum absolute atomic E-state index is 12.6. The molecule has 6 nitrogen and oxygen atoms in total. The van der Waals surface area contributed by atoms with Crippen molar-refractivity contribution < 1.29 is 13.2 Å². The van der Waals surface area contributed by atoms with Gasteiger partial charge in [-0.3, -0.25) is 9.78 Å². The Morgan fingerprint density at radius 1 is 1.21 bits per heavy atom. The van der Waals surface area contributed by atoms with Gasteiger partial charge in [0.05, 0.1) is 0 Å². The van der Waals surface area contributed by atoms with Gasteiger partial charge in [-0.05, 0) is 49.2 Å². The van der Waals surface area contributed by atoms with Crippen molar-refractivity contribution in [2.75, 3.05) is 25.4 Å². The molecule has 0 aliphatic carbocycles. The number of pyridine rings is 1. The Morgan fingerprint density at radius 2 is 1.93 bits per heavy atom. The maximum atomic E-state index is 12.6. The number of carbonyl (C=O) groups excluding carboxylic acids is 1. The molecule has 0 unspecified atom stereocenters. The molecule has 28 heavy (non-hydrogen) atoms. The lowest BCUT2D eigenvalue weighted by Crippen LogP contribution is -2.43. The van der Waals surface area contributed by atoms with Crippen LogP contribution in [-0.4, -0.2) is 49.0 Å². The Kier molecular flexibility index (Phi) is 7.34. The lowest BCUT2D eigenvalue weighted by Gasteiger charge is -2.30. The van der Waals surface area contributed by atoms with Gasteiger partial charge in [-0.2, -0.15) is 4.31 Å². The van der Waals surface area contributed by atoms with Crippen LogP contribution in [0.3, 0.4) is 0 Å². The SMILES string of the molecule is O=C(NCCSc1ccc(Cl)cc1)C1CCN(S(=O)(=O)c2cccnc2)CC1. The van der Waals surface area contributed by atoms with Gasteiger partial charge in [-0.15, -0.1) is 11.8 Å². The van der Waals surface area contributed by atoms with Crippen molar-refractivity contribution in [3.05, 3.63) is 53.8 Å². The van der Waals surface area contributed by atoms with Crippen LogP contribution in [-0.2, 0) is 14.8 Å². The molecule has 0 atom stereocenters. The zero-order valence-electron chi connectivity index (χ0n) is 15.3. The van der Waals surface area contributed by atoms with Crippen LogP contribution in [0, 0.1) is 5.92 Å². The summed E-state index contributed by atoms with van der Waals surface area (Å²) in [5.41, 5.74) is 0. The first kappa shape index (κ1) is 21.1. The van der Waals surface area contributed by atoms with Crippen LogP contribution in [0.2, 0.25) is 5.02 Å². The van der Waals surface area contributed by atoms with Crippen LogP contribution in [0.4, 0.5) is 0 Å². The molecule has 1 aromatic carbocycles. The van der Waals surface area contributed by atoms with Gasteiger partial charge in [0, 0.05) is 53.6 Å². The van der Waals surface area contributed by atoms with Crippen LogP contribution in [0.25, 0.3) is 0 Å². The summed E-state index contributed by atoms with van der Waals surface area (Å²) < 4.78 is 26.6. The van der Waals surface area contributed by atoms with Gasteiger partial charge >= 0.3 is 0 Å². The van der Waals surface area contributed by atoms with E-state index in [0.29, 0.717) is 37.5 Å². The van der Waals surface area contributed by atoms with Crippen molar-refractivity contribution in [1.82, 2.24) is 14.6 Å². The lowest BCUT2D eigenvalue weighted by molar-refractivity contribution is -0.125. The summed E-state index contributed by atoms with van der Waals surface area (Å²) in [5.74, 6) is 0.609. The van der Waals surface area contributed by atoms with Crippen molar-refractivity contribution in [2.24, 2.45) is 5.92 Å². The van der Waals surface area contributed by atoms with Gasteiger partial charge in [0.1, 0.15) is 4.90 Å². The second-order valence-electron chi connectivity index (χ2n) is 6.46. The van der Waals surface area contributed by atoms with E-state index in [-0.39, 0.29) is 16.7 Å². The molecule has 3 rings (SSSR count). The second kappa shape index (κ2) is 9.73. The molecule has 1 aliphatic heterocycles. The fraction of sp³-hybridized carbons (Fsp3) is 0.368. The summed E-state index contributed by atoms with van der Waals surface area (Å²) in [5, 5.41) is 3.66. The quantitative estimate of drug-likeness (QED) is 0.529. The average Bonchev–Trinajstić information content (AvgIpc) is 2.73.